The number of halogens is 2. The monoisotopic (exact) mass is 393 g/mol. The zero-order chi connectivity index (χ0) is 15.7. The first-order chi connectivity index (χ1) is 9.70. The molecule has 0 bridgehead atoms. The van der Waals surface area contributed by atoms with E-state index in [1.165, 1.54) is 18.6 Å². The van der Waals surface area contributed by atoms with Gasteiger partial charge in [-0.25, -0.2) is 8.42 Å². The summed E-state index contributed by atoms with van der Waals surface area (Å²) in [6.45, 7) is 2.03. The smallest absolute Gasteiger partial charge is 0.261 e. The molecule has 0 unspecified atom stereocenters. The molecule has 1 saturated carbocycles. The van der Waals surface area contributed by atoms with Gasteiger partial charge in [0.25, 0.3) is 15.0 Å². The summed E-state index contributed by atoms with van der Waals surface area (Å²) in [6, 6.07) is 4.27. The minimum atomic E-state index is -3.87. The van der Waals surface area contributed by atoms with Gasteiger partial charge in [0.05, 0.1) is 4.90 Å². The first-order valence-corrected chi connectivity index (χ1v) is 9.88. The van der Waals surface area contributed by atoms with E-state index in [4.69, 9.17) is 10.7 Å². The molecule has 0 radical (unpaired) electrons. The second-order valence-corrected chi connectivity index (χ2v) is 9.17. The lowest BCUT2D eigenvalue weighted by molar-refractivity contribution is 0.0882. The maximum Gasteiger partial charge on any atom is 0.261 e. The van der Waals surface area contributed by atoms with Gasteiger partial charge in [-0.2, -0.15) is 0 Å². The van der Waals surface area contributed by atoms with Crippen LogP contribution in [-0.4, -0.2) is 19.9 Å². The molecular formula is C14H17BrClNO3S. The van der Waals surface area contributed by atoms with E-state index in [0.717, 1.165) is 25.7 Å². The number of rotatable bonds is 3. The molecule has 1 aromatic rings. The Balaban J connectivity index is 2.25. The van der Waals surface area contributed by atoms with E-state index < -0.39 is 9.05 Å². The number of benzene rings is 1. The minimum absolute atomic E-state index is 0.0857. The Kier molecular flexibility index (Phi) is 5.00. The Morgan fingerprint density at radius 1 is 1.24 bits per heavy atom. The molecule has 7 heteroatoms. The summed E-state index contributed by atoms with van der Waals surface area (Å²) < 4.78 is 23.4. The second kappa shape index (κ2) is 6.26. The number of carbonyl (C=O) groups is 1. The predicted molar refractivity (Wildman–Crippen MR) is 86.1 cm³/mol. The standard InChI is InChI=1S/C14H17BrClNO3S/c1-14(5-3-2-4-6-14)17-13(18)10-7-11(15)9-12(8-10)21(16,19)20/h7-9H,2-6H2,1H3,(H,17,18). The van der Waals surface area contributed by atoms with Crippen LogP contribution in [0, 0.1) is 0 Å². The highest BCUT2D eigenvalue weighted by Crippen LogP contribution is 2.28. The Morgan fingerprint density at radius 2 is 1.86 bits per heavy atom. The van der Waals surface area contributed by atoms with E-state index >= 15 is 0 Å². The van der Waals surface area contributed by atoms with Crippen LogP contribution >= 0.6 is 26.6 Å². The van der Waals surface area contributed by atoms with Crippen molar-refractivity contribution in [3.8, 4) is 0 Å². The van der Waals surface area contributed by atoms with Crippen LogP contribution in [0.15, 0.2) is 27.6 Å². The minimum Gasteiger partial charge on any atom is -0.347 e. The average molecular weight is 395 g/mol. The second-order valence-electron chi connectivity index (χ2n) is 5.69. The molecule has 0 spiro atoms. The SMILES string of the molecule is CC1(NC(=O)c2cc(Br)cc(S(=O)(=O)Cl)c2)CCCCC1. The van der Waals surface area contributed by atoms with Gasteiger partial charge in [-0.15, -0.1) is 0 Å². The first kappa shape index (κ1) is 16.8. The van der Waals surface area contributed by atoms with Crippen LogP contribution in [0.1, 0.15) is 49.4 Å². The molecule has 0 heterocycles. The topological polar surface area (TPSA) is 63.2 Å². The van der Waals surface area contributed by atoms with Gasteiger partial charge in [-0.3, -0.25) is 4.79 Å². The van der Waals surface area contributed by atoms with Crippen LogP contribution in [0.3, 0.4) is 0 Å². The molecule has 0 saturated heterocycles. The maximum absolute atomic E-state index is 12.4. The summed E-state index contributed by atoms with van der Waals surface area (Å²) in [5.74, 6) is -0.276. The molecule has 1 fully saturated rings. The highest BCUT2D eigenvalue weighted by atomic mass is 79.9. The maximum atomic E-state index is 12.4. The molecule has 0 atom stereocenters. The molecule has 1 N–H and O–H groups in total. The van der Waals surface area contributed by atoms with Gasteiger partial charge < -0.3 is 5.32 Å². The summed E-state index contributed by atoms with van der Waals surface area (Å²) in [7, 11) is 1.48. The zero-order valence-corrected chi connectivity index (χ0v) is 14.8. The summed E-state index contributed by atoms with van der Waals surface area (Å²) >= 11 is 3.21. The van der Waals surface area contributed by atoms with Gasteiger partial charge >= 0.3 is 0 Å². The van der Waals surface area contributed by atoms with Crippen LogP contribution in [0.4, 0.5) is 0 Å². The van der Waals surface area contributed by atoms with Crippen molar-refractivity contribution in [1.82, 2.24) is 5.32 Å². The van der Waals surface area contributed by atoms with E-state index in [1.54, 1.807) is 6.07 Å². The molecule has 21 heavy (non-hydrogen) atoms. The molecule has 4 nitrogen and oxygen atoms in total. The fraction of sp³-hybridized carbons (Fsp3) is 0.500. The van der Waals surface area contributed by atoms with Gasteiger partial charge in [0, 0.05) is 26.3 Å². The number of amides is 1. The van der Waals surface area contributed by atoms with Crippen LogP contribution in [0.2, 0.25) is 0 Å². The molecule has 0 aliphatic heterocycles. The van der Waals surface area contributed by atoms with Crippen molar-refractivity contribution in [1.29, 1.82) is 0 Å². The van der Waals surface area contributed by atoms with Crippen molar-refractivity contribution in [3.63, 3.8) is 0 Å². The normalized spacial score (nSPS) is 18.2. The van der Waals surface area contributed by atoms with Crippen LogP contribution < -0.4 is 5.32 Å². The van der Waals surface area contributed by atoms with Crippen molar-refractivity contribution < 1.29 is 13.2 Å². The third kappa shape index (κ3) is 4.44. The highest BCUT2D eigenvalue weighted by Gasteiger charge is 2.29. The van der Waals surface area contributed by atoms with Gasteiger partial charge in [-0.1, -0.05) is 35.2 Å². The quantitative estimate of drug-likeness (QED) is 0.792. The largest absolute Gasteiger partial charge is 0.347 e. The Hall–Kier alpha value is -0.590. The molecule has 1 aromatic carbocycles. The third-order valence-corrected chi connectivity index (χ3v) is 5.58. The van der Waals surface area contributed by atoms with Crippen molar-refractivity contribution in [3.05, 3.63) is 28.2 Å². The van der Waals surface area contributed by atoms with Crippen molar-refractivity contribution in [2.45, 2.75) is 49.5 Å². The lowest BCUT2D eigenvalue weighted by Gasteiger charge is -2.34. The molecule has 1 amide bonds. The summed E-state index contributed by atoms with van der Waals surface area (Å²) in [5.41, 5.74) is 0.0629. The van der Waals surface area contributed by atoms with E-state index in [9.17, 15) is 13.2 Å². The van der Waals surface area contributed by atoms with Crippen molar-refractivity contribution >= 4 is 41.6 Å². The van der Waals surface area contributed by atoms with Crippen molar-refractivity contribution in [2.75, 3.05) is 0 Å². The lowest BCUT2D eigenvalue weighted by Crippen LogP contribution is -2.47. The third-order valence-electron chi connectivity index (χ3n) is 3.79. The van der Waals surface area contributed by atoms with E-state index in [0.29, 0.717) is 4.47 Å². The van der Waals surface area contributed by atoms with Gasteiger partial charge in [0.1, 0.15) is 0 Å². The molecule has 116 valence electrons. The van der Waals surface area contributed by atoms with Crippen molar-refractivity contribution in [2.24, 2.45) is 0 Å². The van der Waals surface area contributed by atoms with Crippen LogP contribution in [0.5, 0.6) is 0 Å². The number of carbonyl (C=O) groups excluding carboxylic acids is 1. The molecule has 0 aromatic heterocycles. The molecule has 2 rings (SSSR count). The molecule has 1 aliphatic rings. The Bertz CT molecular complexity index is 654. The number of hydrogen-bond donors (Lipinski definition) is 1. The van der Waals surface area contributed by atoms with Gasteiger partial charge in [0.2, 0.25) is 0 Å². The van der Waals surface area contributed by atoms with Gasteiger partial charge in [0.15, 0.2) is 0 Å². The summed E-state index contributed by atoms with van der Waals surface area (Å²) in [4.78, 5) is 12.3. The number of hydrogen-bond acceptors (Lipinski definition) is 3. The van der Waals surface area contributed by atoms with E-state index in [-0.39, 0.29) is 21.9 Å². The van der Waals surface area contributed by atoms with Gasteiger partial charge in [-0.05, 0) is 38.0 Å². The van der Waals surface area contributed by atoms with Crippen LogP contribution in [-0.2, 0) is 9.05 Å². The number of nitrogens with one attached hydrogen (secondary N) is 1. The Morgan fingerprint density at radius 3 is 2.43 bits per heavy atom. The van der Waals surface area contributed by atoms with E-state index in [2.05, 4.69) is 21.2 Å². The summed E-state index contributed by atoms with van der Waals surface area (Å²) in [6.07, 6.45) is 5.25. The summed E-state index contributed by atoms with van der Waals surface area (Å²) in [5, 5.41) is 3.02. The van der Waals surface area contributed by atoms with Crippen LogP contribution in [0.25, 0.3) is 0 Å². The predicted octanol–water partition coefficient (Wildman–Crippen LogP) is 3.83. The fourth-order valence-corrected chi connectivity index (χ4v) is 4.09. The first-order valence-electron chi connectivity index (χ1n) is 6.77. The molecule has 1 aliphatic carbocycles. The Labute approximate surface area is 137 Å². The molecular weight excluding hydrogens is 378 g/mol. The fourth-order valence-electron chi connectivity index (χ4n) is 2.64. The average Bonchev–Trinajstić information content (AvgIpc) is 2.37. The lowest BCUT2D eigenvalue weighted by atomic mass is 9.83. The van der Waals surface area contributed by atoms with E-state index in [1.807, 2.05) is 6.92 Å². The highest BCUT2D eigenvalue weighted by molar-refractivity contribution is 9.10. The zero-order valence-electron chi connectivity index (χ0n) is 11.7.